The molecule has 0 saturated carbocycles. The summed E-state index contributed by atoms with van der Waals surface area (Å²) in [5.41, 5.74) is 2.38. The van der Waals surface area contributed by atoms with Crippen molar-refractivity contribution in [3.8, 4) is 12.3 Å². The Labute approximate surface area is 96.8 Å². The van der Waals surface area contributed by atoms with Crippen LogP contribution >= 0.6 is 0 Å². The number of hydrogen-bond donors (Lipinski definition) is 0. The topological polar surface area (TPSA) is 27.1 Å². The highest BCUT2D eigenvalue weighted by atomic mass is 16.5. The first-order valence-corrected chi connectivity index (χ1v) is 5.79. The van der Waals surface area contributed by atoms with Crippen molar-refractivity contribution in [3.05, 3.63) is 17.5 Å². The summed E-state index contributed by atoms with van der Waals surface area (Å²) in [5.74, 6) is 3.45. The van der Waals surface area contributed by atoms with Crippen LogP contribution in [-0.4, -0.2) is 23.0 Å². The van der Waals surface area contributed by atoms with Crippen molar-refractivity contribution in [1.82, 2.24) is 9.78 Å². The van der Waals surface area contributed by atoms with E-state index in [0.29, 0.717) is 5.92 Å². The van der Waals surface area contributed by atoms with Crippen LogP contribution in [0.1, 0.15) is 42.9 Å². The van der Waals surface area contributed by atoms with Crippen LogP contribution in [0, 0.1) is 12.3 Å². The average Bonchev–Trinajstić information content (AvgIpc) is 2.71. The number of rotatable bonds is 2. The number of nitrogens with zero attached hydrogens (tertiary/aromatic N) is 2. The third kappa shape index (κ3) is 2.12. The summed E-state index contributed by atoms with van der Waals surface area (Å²) in [7, 11) is 1.95. The van der Waals surface area contributed by atoms with Crippen molar-refractivity contribution < 1.29 is 4.74 Å². The number of aryl methyl sites for hydroxylation is 1. The molecule has 2 heterocycles. The standard InChI is InChI=1S/C13H18N2O/c1-4-10(2)12-9-15(3)14-13(12)11-5-7-16-8-6-11/h1,9-11H,5-8H2,2-3H3. The second-order valence-corrected chi connectivity index (χ2v) is 4.42. The third-order valence-corrected chi connectivity index (χ3v) is 3.21. The highest BCUT2D eigenvalue weighted by Gasteiger charge is 2.23. The Bertz CT molecular complexity index is 397. The van der Waals surface area contributed by atoms with Gasteiger partial charge >= 0.3 is 0 Å². The predicted octanol–water partition coefficient (Wildman–Crippen LogP) is 2.05. The van der Waals surface area contributed by atoms with Gasteiger partial charge in [0.25, 0.3) is 0 Å². The molecule has 0 N–H and O–H groups in total. The van der Waals surface area contributed by atoms with Crippen LogP contribution in [0.5, 0.6) is 0 Å². The fourth-order valence-electron chi connectivity index (χ4n) is 2.24. The molecule has 1 unspecified atom stereocenters. The van der Waals surface area contributed by atoms with Crippen LogP contribution in [0.25, 0.3) is 0 Å². The average molecular weight is 218 g/mol. The predicted molar refractivity (Wildman–Crippen MR) is 63.3 cm³/mol. The maximum atomic E-state index is 5.50. The summed E-state index contributed by atoms with van der Waals surface area (Å²) in [6, 6.07) is 0. The van der Waals surface area contributed by atoms with Gasteiger partial charge in [-0.3, -0.25) is 4.68 Å². The Hall–Kier alpha value is -1.27. The Balaban J connectivity index is 2.28. The van der Waals surface area contributed by atoms with Gasteiger partial charge in [0.05, 0.1) is 5.69 Å². The molecule has 0 amide bonds. The summed E-state index contributed by atoms with van der Waals surface area (Å²) in [6.45, 7) is 3.73. The van der Waals surface area contributed by atoms with Crippen molar-refractivity contribution in [2.75, 3.05) is 13.2 Å². The molecule has 0 radical (unpaired) electrons. The normalized spacial score (nSPS) is 19.3. The molecule has 3 nitrogen and oxygen atoms in total. The van der Waals surface area contributed by atoms with E-state index in [4.69, 9.17) is 11.2 Å². The number of ether oxygens (including phenoxy) is 1. The largest absolute Gasteiger partial charge is 0.381 e. The second-order valence-electron chi connectivity index (χ2n) is 4.42. The van der Waals surface area contributed by atoms with Gasteiger partial charge in [0.15, 0.2) is 0 Å². The SMILES string of the molecule is C#CC(C)c1cn(C)nc1C1CCOCC1. The molecule has 0 aromatic carbocycles. The first-order valence-electron chi connectivity index (χ1n) is 5.79. The zero-order valence-corrected chi connectivity index (χ0v) is 9.94. The minimum atomic E-state index is 0.145. The smallest absolute Gasteiger partial charge is 0.0701 e. The number of terminal acetylenes is 1. The molecular weight excluding hydrogens is 200 g/mol. The first-order chi connectivity index (χ1) is 7.72. The van der Waals surface area contributed by atoms with Gasteiger partial charge in [0, 0.05) is 43.9 Å². The lowest BCUT2D eigenvalue weighted by atomic mass is 9.90. The van der Waals surface area contributed by atoms with Crippen LogP contribution < -0.4 is 0 Å². The van der Waals surface area contributed by atoms with E-state index < -0.39 is 0 Å². The minimum absolute atomic E-state index is 0.145. The summed E-state index contributed by atoms with van der Waals surface area (Å²) in [5, 5.41) is 4.57. The molecule has 16 heavy (non-hydrogen) atoms. The molecule has 3 heteroatoms. The fraction of sp³-hybridized carbons (Fsp3) is 0.615. The van der Waals surface area contributed by atoms with Crippen molar-refractivity contribution in [2.24, 2.45) is 7.05 Å². The van der Waals surface area contributed by atoms with Crippen molar-refractivity contribution >= 4 is 0 Å². The van der Waals surface area contributed by atoms with E-state index in [2.05, 4.69) is 24.1 Å². The van der Waals surface area contributed by atoms with Crippen molar-refractivity contribution in [2.45, 2.75) is 31.6 Å². The molecule has 1 aliphatic rings. The minimum Gasteiger partial charge on any atom is -0.381 e. The monoisotopic (exact) mass is 218 g/mol. The second kappa shape index (κ2) is 4.71. The molecule has 1 aromatic heterocycles. The van der Waals surface area contributed by atoms with Gasteiger partial charge in [-0.05, 0) is 19.8 Å². The summed E-state index contributed by atoms with van der Waals surface area (Å²) in [4.78, 5) is 0. The van der Waals surface area contributed by atoms with E-state index in [9.17, 15) is 0 Å². The molecule has 1 saturated heterocycles. The van der Waals surface area contributed by atoms with E-state index in [1.165, 1.54) is 11.3 Å². The lowest BCUT2D eigenvalue weighted by Crippen LogP contribution is -2.16. The quantitative estimate of drug-likeness (QED) is 0.710. The molecule has 0 spiro atoms. The Morgan fingerprint density at radius 1 is 1.56 bits per heavy atom. The maximum Gasteiger partial charge on any atom is 0.0701 e. The molecule has 1 aromatic rings. The Kier molecular flexibility index (Phi) is 3.31. The van der Waals surface area contributed by atoms with Gasteiger partial charge in [-0.1, -0.05) is 5.92 Å². The maximum absolute atomic E-state index is 5.50. The summed E-state index contributed by atoms with van der Waals surface area (Å²) in [6.07, 6.45) is 9.66. The highest BCUT2D eigenvalue weighted by molar-refractivity contribution is 5.30. The van der Waals surface area contributed by atoms with Crippen LogP contribution in [0.3, 0.4) is 0 Å². The molecule has 1 aliphatic heterocycles. The number of aromatic nitrogens is 2. The zero-order chi connectivity index (χ0) is 11.5. The van der Waals surface area contributed by atoms with E-state index in [-0.39, 0.29) is 5.92 Å². The fourth-order valence-corrected chi connectivity index (χ4v) is 2.24. The Morgan fingerprint density at radius 2 is 2.25 bits per heavy atom. The lowest BCUT2D eigenvalue weighted by Gasteiger charge is -2.21. The molecule has 2 rings (SSSR count). The van der Waals surface area contributed by atoms with E-state index in [1.807, 2.05) is 11.7 Å². The zero-order valence-electron chi connectivity index (χ0n) is 9.94. The Morgan fingerprint density at radius 3 is 2.88 bits per heavy atom. The van der Waals surface area contributed by atoms with Crippen LogP contribution in [0.15, 0.2) is 6.20 Å². The molecule has 0 aliphatic carbocycles. The van der Waals surface area contributed by atoms with Crippen LogP contribution in [0.2, 0.25) is 0 Å². The molecule has 0 bridgehead atoms. The van der Waals surface area contributed by atoms with Gasteiger partial charge < -0.3 is 4.74 Å². The summed E-state index contributed by atoms with van der Waals surface area (Å²) < 4.78 is 7.25. The van der Waals surface area contributed by atoms with Crippen molar-refractivity contribution in [3.63, 3.8) is 0 Å². The van der Waals surface area contributed by atoms with Gasteiger partial charge in [-0.15, -0.1) is 6.42 Å². The van der Waals surface area contributed by atoms with E-state index in [1.54, 1.807) is 0 Å². The molecule has 1 fully saturated rings. The van der Waals surface area contributed by atoms with Crippen LogP contribution in [0.4, 0.5) is 0 Å². The third-order valence-electron chi connectivity index (χ3n) is 3.21. The van der Waals surface area contributed by atoms with Crippen molar-refractivity contribution in [1.29, 1.82) is 0 Å². The molecular formula is C13H18N2O. The van der Waals surface area contributed by atoms with Gasteiger partial charge in [0.1, 0.15) is 0 Å². The molecule has 86 valence electrons. The van der Waals surface area contributed by atoms with Gasteiger partial charge in [-0.25, -0.2) is 0 Å². The summed E-state index contributed by atoms with van der Waals surface area (Å²) >= 11 is 0. The van der Waals surface area contributed by atoms with Gasteiger partial charge in [-0.2, -0.15) is 5.10 Å². The van der Waals surface area contributed by atoms with E-state index in [0.717, 1.165) is 26.1 Å². The first kappa shape index (κ1) is 11.2. The lowest BCUT2D eigenvalue weighted by molar-refractivity contribution is 0.0842. The van der Waals surface area contributed by atoms with Gasteiger partial charge in [0.2, 0.25) is 0 Å². The van der Waals surface area contributed by atoms with Crippen LogP contribution in [-0.2, 0) is 11.8 Å². The number of hydrogen-bond acceptors (Lipinski definition) is 2. The highest BCUT2D eigenvalue weighted by Crippen LogP contribution is 2.31. The van der Waals surface area contributed by atoms with E-state index >= 15 is 0 Å². The molecule has 1 atom stereocenters.